The second-order valence-electron chi connectivity index (χ2n) is 11.5. The predicted molar refractivity (Wildman–Crippen MR) is 167 cm³/mol. The molecule has 1 fully saturated rings. The summed E-state index contributed by atoms with van der Waals surface area (Å²) in [5.41, 5.74) is 1.03. The van der Waals surface area contributed by atoms with E-state index in [0.29, 0.717) is 54.1 Å². The highest BCUT2D eigenvalue weighted by molar-refractivity contribution is 8.00. The molecule has 4 rings (SSSR count). The van der Waals surface area contributed by atoms with Gasteiger partial charge in [0.1, 0.15) is 5.76 Å². The molecular formula is C30H38N6O4S2. The number of benzene rings is 1. The van der Waals surface area contributed by atoms with Crippen molar-refractivity contribution in [2.45, 2.75) is 49.0 Å². The highest BCUT2D eigenvalue weighted by Crippen LogP contribution is 2.32. The Kier molecular flexibility index (Phi) is 10.6. The summed E-state index contributed by atoms with van der Waals surface area (Å²) in [4.78, 5) is 50.7. The van der Waals surface area contributed by atoms with Gasteiger partial charge in [-0.15, -0.1) is 11.8 Å². The Bertz CT molecular complexity index is 1410. The van der Waals surface area contributed by atoms with Gasteiger partial charge in [0.05, 0.1) is 28.3 Å². The molecule has 42 heavy (non-hydrogen) atoms. The van der Waals surface area contributed by atoms with Gasteiger partial charge in [-0.25, -0.2) is 9.97 Å². The molecule has 3 aromatic rings. The van der Waals surface area contributed by atoms with Crippen LogP contribution in [0.2, 0.25) is 0 Å². The lowest BCUT2D eigenvalue weighted by atomic mass is 9.94. The number of carbonyl (C=O) groups is 3. The zero-order valence-corrected chi connectivity index (χ0v) is 26.3. The highest BCUT2D eigenvalue weighted by atomic mass is 32.2. The summed E-state index contributed by atoms with van der Waals surface area (Å²) in [5, 5.41) is 6.25. The first kappa shape index (κ1) is 31.5. The van der Waals surface area contributed by atoms with Crippen molar-refractivity contribution in [3.8, 4) is 0 Å². The summed E-state index contributed by atoms with van der Waals surface area (Å²) in [7, 11) is 3.85. The lowest BCUT2D eigenvalue weighted by Crippen LogP contribution is -2.43. The van der Waals surface area contributed by atoms with Gasteiger partial charge in [-0.3, -0.25) is 14.4 Å². The molecule has 2 N–H and O–H groups in total. The van der Waals surface area contributed by atoms with Crippen molar-refractivity contribution >= 4 is 51.6 Å². The first-order valence-corrected chi connectivity index (χ1v) is 15.6. The van der Waals surface area contributed by atoms with Gasteiger partial charge in [-0.05, 0) is 51.2 Å². The number of likely N-dealkylation sites (N-methyl/N-ethyl adjacent to an activating group) is 1. The molecule has 1 aliphatic heterocycles. The van der Waals surface area contributed by atoms with Crippen molar-refractivity contribution in [3.05, 3.63) is 66.0 Å². The first-order chi connectivity index (χ1) is 20.0. The van der Waals surface area contributed by atoms with Crippen LogP contribution in [0.3, 0.4) is 0 Å². The molecule has 1 aliphatic rings. The third kappa shape index (κ3) is 9.01. The first-order valence-electron chi connectivity index (χ1n) is 13.8. The molecule has 1 aromatic carbocycles. The fraction of sp³-hybridized carbons (Fsp3) is 0.433. The molecule has 3 heterocycles. The molecule has 10 nitrogen and oxygen atoms in total. The van der Waals surface area contributed by atoms with E-state index in [-0.39, 0.29) is 29.1 Å². The number of rotatable bonds is 10. The minimum Gasteiger partial charge on any atom is -0.444 e. The van der Waals surface area contributed by atoms with E-state index in [1.165, 1.54) is 17.4 Å². The van der Waals surface area contributed by atoms with Crippen LogP contribution in [0, 0.1) is 5.92 Å². The molecule has 0 radical (unpaired) electrons. The molecule has 1 saturated heterocycles. The van der Waals surface area contributed by atoms with E-state index in [0.717, 1.165) is 16.4 Å². The van der Waals surface area contributed by atoms with Crippen molar-refractivity contribution in [2.24, 2.45) is 5.92 Å². The maximum absolute atomic E-state index is 13.2. The number of aromatic nitrogens is 2. The zero-order valence-electron chi connectivity index (χ0n) is 24.7. The standard InChI is InChI=1S/C30H38N6O4S2/c1-30(2,3)23-16-31-25(40-23)19-41-26-17-32-29(42-26)34-27(38)21-8-6-15-36(18-21)28(39)20-10-12-22(13-11-20)33-24(37)9-7-14-35(4)5/h7,9-13,16-17,21H,6,8,14-15,18-19H2,1-5H3,(H,33,37)(H,32,34,38)/b9-7+. The van der Waals surface area contributed by atoms with Crippen molar-refractivity contribution in [3.63, 3.8) is 0 Å². The van der Waals surface area contributed by atoms with Crippen LogP contribution in [0.25, 0.3) is 0 Å². The van der Waals surface area contributed by atoms with Crippen molar-refractivity contribution in [1.82, 2.24) is 19.8 Å². The van der Waals surface area contributed by atoms with E-state index in [2.05, 4.69) is 41.4 Å². The van der Waals surface area contributed by atoms with Gasteiger partial charge in [0.25, 0.3) is 5.91 Å². The Hall–Kier alpha value is -3.48. The average molecular weight is 611 g/mol. The summed E-state index contributed by atoms with van der Waals surface area (Å²) >= 11 is 2.96. The number of hydrogen-bond acceptors (Lipinski definition) is 9. The fourth-order valence-corrected chi connectivity index (χ4v) is 5.99. The monoisotopic (exact) mass is 610 g/mol. The number of likely N-dealkylation sites (tertiary alicyclic amines) is 1. The van der Waals surface area contributed by atoms with Crippen LogP contribution in [-0.2, 0) is 20.8 Å². The topological polar surface area (TPSA) is 121 Å². The molecule has 224 valence electrons. The largest absolute Gasteiger partial charge is 0.444 e. The molecule has 2 aromatic heterocycles. The SMILES string of the molecule is CN(C)C/C=C/C(=O)Nc1ccc(C(=O)N2CCCC(C(=O)Nc3ncc(SCc4ncc(C(C)(C)C)o4)s3)C2)cc1. The molecule has 1 atom stereocenters. The van der Waals surface area contributed by atoms with Crippen LogP contribution in [0.5, 0.6) is 0 Å². The number of amides is 3. The minimum atomic E-state index is -0.321. The maximum Gasteiger partial charge on any atom is 0.253 e. The van der Waals surface area contributed by atoms with Gasteiger partial charge in [0, 0.05) is 42.4 Å². The fourth-order valence-electron chi connectivity index (χ4n) is 4.26. The Morgan fingerprint density at radius 3 is 2.60 bits per heavy atom. The van der Waals surface area contributed by atoms with E-state index in [4.69, 9.17) is 4.42 Å². The Labute approximate surface area is 255 Å². The molecule has 1 unspecified atom stereocenters. The molecule has 0 spiro atoms. The second-order valence-corrected chi connectivity index (χ2v) is 13.8. The number of carbonyl (C=O) groups excluding carboxylic acids is 3. The number of nitrogens with zero attached hydrogens (tertiary/aromatic N) is 4. The van der Waals surface area contributed by atoms with Crippen LogP contribution in [-0.4, -0.2) is 71.2 Å². The number of oxazole rings is 1. The predicted octanol–water partition coefficient (Wildman–Crippen LogP) is 5.27. The summed E-state index contributed by atoms with van der Waals surface area (Å²) in [6, 6.07) is 6.81. The second kappa shape index (κ2) is 14.1. The number of hydrogen-bond donors (Lipinski definition) is 2. The van der Waals surface area contributed by atoms with Crippen molar-refractivity contribution in [1.29, 1.82) is 0 Å². The molecule has 0 bridgehead atoms. The molecular weight excluding hydrogens is 573 g/mol. The summed E-state index contributed by atoms with van der Waals surface area (Å²) in [6.45, 7) is 7.84. The number of nitrogens with one attached hydrogen (secondary N) is 2. The lowest BCUT2D eigenvalue weighted by molar-refractivity contribution is -0.121. The summed E-state index contributed by atoms with van der Waals surface area (Å²) < 4.78 is 6.80. The van der Waals surface area contributed by atoms with Crippen LogP contribution in [0.1, 0.15) is 55.6 Å². The number of anilines is 2. The third-order valence-corrected chi connectivity index (χ3v) is 8.66. The Morgan fingerprint density at radius 2 is 1.90 bits per heavy atom. The third-order valence-electron chi connectivity index (χ3n) is 6.56. The smallest absolute Gasteiger partial charge is 0.253 e. The number of thioether (sulfide) groups is 1. The van der Waals surface area contributed by atoms with E-state index >= 15 is 0 Å². The highest BCUT2D eigenvalue weighted by Gasteiger charge is 2.29. The number of thiazole rings is 1. The molecule has 12 heteroatoms. The van der Waals surface area contributed by atoms with E-state index in [9.17, 15) is 14.4 Å². The van der Waals surface area contributed by atoms with Crippen LogP contribution < -0.4 is 10.6 Å². The van der Waals surface area contributed by atoms with E-state index in [1.807, 2.05) is 19.0 Å². The molecule has 3 amide bonds. The van der Waals surface area contributed by atoms with Gasteiger partial charge < -0.3 is 24.9 Å². The van der Waals surface area contributed by atoms with Crippen LogP contribution in [0.15, 0.2) is 57.4 Å². The normalized spacial score (nSPS) is 15.8. The molecule has 0 saturated carbocycles. The summed E-state index contributed by atoms with van der Waals surface area (Å²) in [5.74, 6) is 1.26. The quantitative estimate of drug-likeness (QED) is 0.235. The van der Waals surface area contributed by atoms with Gasteiger partial charge >= 0.3 is 0 Å². The summed E-state index contributed by atoms with van der Waals surface area (Å²) in [6.07, 6.45) is 8.23. The average Bonchev–Trinajstić information content (AvgIpc) is 3.61. The minimum absolute atomic E-state index is 0.0930. The zero-order chi connectivity index (χ0) is 30.3. The van der Waals surface area contributed by atoms with Gasteiger partial charge in [-0.1, -0.05) is 38.2 Å². The van der Waals surface area contributed by atoms with Crippen molar-refractivity contribution < 1.29 is 18.8 Å². The lowest BCUT2D eigenvalue weighted by Gasteiger charge is -2.32. The molecule has 0 aliphatic carbocycles. The van der Waals surface area contributed by atoms with Gasteiger partial charge in [-0.2, -0.15) is 0 Å². The van der Waals surface area contributed by atoms with Crippen molar-refractivity contribution in [2.75, 3.05) is 44.4 Å². The number of piperidine rings is 1. The van der Waals surface area contributed by atoms with E-state index < -0.39 is 0 Å². The van der Waals surface area contributed by atoms with Crippen LogP contribution >= 0.6 is 23.1 Å². The Balaban J connectivity index is 1.26. The Morgan fingerprint density at radius 1 is 1.14 bits per heavy atom. The van der Waals surface area contributed by atoms with Gasteiger partial charge in [0.2, 0.25) is 17.7 Å². The van der Waals surface area contributed by atoms with E-state index in [1.54, 1.807) is 59.4 Å². The maximum atomic E-state index is 13.2. The van der Waals surface area contributed by atoms with Crippen LogP contribution in [0.4, 0.5) is 10.8 Å². The van der Waals surface area contributed by atoms with Gasteiger partial charge in [0.15, 0.2) is 5.13 Å².